The minimum absolute atomic E-state index is 0.0174. The summed E-state index contributed by atoms with van der Waals surface area (Å²) in [5, 5.41) is 1.91. The van der Waals surface area contributed by atoms with Crippen LogP contribution < -0.4 is 10.1 Å². The van der Waals surface area contributed by atoms with Crippen molar-refractivity contribution in [2.75, 3.05) is 18.5 Å². The van der Waals surface area contributed by atoms with Gasteiger partial charge in [0.15, 0.2) is 5.75 Å². The predicted octanol–water partition coefficient (Wildman–Crippen LogP) is 6.25. The van der Waals surface area contributed by atoms with Crippen molar-refractivity contribution < 1.29 is 32.3 Å². The van der Waals surface area contributed by atoms with Gasteiger partial charge < -0.3 is 10.1 Å². The van der Waals surface area contributed by atoms with Crippen LogP contribution in [0.2, 0.25) is 10.0 Å². The van der Waals surface area contributed by atoms with E-state index in [1.807, 2.05) is 0 Å². The van der Waals surface area contributed by atoms with Crippen LogP contribution in [0, 0.1) is 0 Å². The summed E-state index contributed by atoms with van der Waals surface area (Å²) in [6.07, 6.45) is -1.69. The number of nitrogens with one attached hydrogen (secondary N) is 1. The van der Waals surface area contributed by atoms with E-state index in [4.69, 9.17) is 27.9 Å². The Morgan fingerprint density at radius 2 is 1.85 bits per heavy atom. The number of carbonyl (C=O) groups is 3. The van der Waals surface area contributed by atoms with Crippen LogP contribution in [0.4, 0.5) is 23.7 Å². The van der Waals surface area contributed by atoms with Gasteiger partial charge >= 0.3 is 6.18 Å². The second-order valence-electron chi connectivity index (χ2n) is 6.81. The largest absolute Gasteiger partial charge is 0.486 e. The van der Waals surface area contributed by atoms with Gasteiger partial charge in [0.25, 0.3) is 11.1 Å². The number of carbonyl (C=O) groups excluding carboxylic acids is 3. The normalized spacial score (nSPS) is 15.1. The van der Waals surface area contributed by atoms with E-state index in [1.165, 1.54) is 30.4 Å². The molecular weight excluding hydrogens is 516 g/mol. The molecule has 34 heavy (non-hydrogen) atoms. The van der Waals surface area contributed by atoms with Crippen molar-refractivity contribution >= 4 is 63.8 Å². The lowest BCUT2D eigenvalue weighted by atomic mass is 10.2. The van der Waals surface area contributed by atoms with Crippen LogP contribution in [0.1, 0.15) is 11.1 Å². The maximum absolute atomic E-state index is 12.8. The lowest BCUT2D eigenvalue weighted by Crippen LogP contribution is -2.36. The average Bonchev–Trinajstić information content (AvgIpc) is 3.00. The fraction of sp³-hybridized carbons (Fsp3) is 0.136. The van der Waals surface area contributed by atoms with Crippen molar-refractivity contribution in [2.45, 2.75) is 6.18 Å². The Bertz CT molecular complexity index is 1180. The number of nitrogens with zero attached hydrogens (tertiary/aromatic N) is 1. The molecule has 0 saturated carbocycles. The Morgan fingerprint density at radius 1 is 1.18 bits per heavy atom. The van der Waals surface area contributed by atoms with E-state index in [9.17, 15) is 27.6 Å². The monoisotopic (exact) mass is 530 g/mol. The quantitative estimate of drug-likeness (QED) is 0.338. The summed E-state index contributed by atoms with van der Waals surface area (Å²) in [7, 11) is 0. The van der Waals surface area contributed by atoms with E-state index in [-0.39, 0.29) is 33.0 Å². The van der Waals surface area contributed by atoms with Crippen LogP contribution in [0.5, 0.6) is 5.75 Å². The SMILES string of the molecule is C=CCOc1c(Cl)cc(C=C2SC(=O)N(CC(=O)Nc3cccc(C(F)(F)F)c3)C2=O)cc1Cl. The number of hydrogen-bond donors (Lipinski definition) is 1. The molecular formula is C22H15Cl2F3N2O4S. The van der Waals surface area contributed by atoms with Gasteiger partial charge in [-0.1, -0.05) is 41.9 Å². The minimum atomic E-state index is -4.58. The Balaban J connectivity index is 1.72. The molecule has 0 atom stereocenters. The molecule has 0 unspecified atom stereocenters. The third-order valence-corrected chi connectivity index (χ3v) is 5.78. The molecule has 1 aliphatic rings. The summed E-state index contributed by atoms with van der Waals surface area (Å²) in [4.78, 5) is 37.9. The van der Waals surface area contributed by atoms with Gasteiger partial charge in [0, 0.05) is 5.69 Å². The lowest BCUT2D eigenvalue weighted by molar-refractivity contribution is -0.137. The Morgan fingerprint density at radius 3 is 2.47 bits per heavy atom. The summed E-state index contributed by atoms with van der Waals surface area (Å²) in [5.74, 6) is -1.34. The molecule has 0 radical (unpaired) electrons. The number of thioether (sulfide) groups is 1. The first-order chi connectivity index (χ1) is 16.0. The van der Waals surface area contributed by atoms with Crippen LogP contribution in [-0.2, 0) is 15.8 Å². The number of alkyl halides is 3. The molecule has 3 rings (SSSR count). The summed E-state index contributed by atoms with van der Waals surface area (Å²) < 4.78 is 43.9. The second kappa shape index (κ2) is 10.5. The highest BCUT2D eigenvalue weighted by Crippen LogP contribution is 2.37. The molecule has 12 heteroatoms. The van der Waals surface area contributed by atoms with E-state index >= 15 is 0 Å². The van der Waals surface area contributed by atoms with Gasteiger partial charge in [-0.05, 0) is 53.7 Å². The van der Waals surface area contributed by atoms with Crippen molar-refractivity contribution in [3.05, 3.63) is 75.1 Å². The van der Waals surface area contributed by atoms with Gasteiger partial charge in [0.05, 0.1) is 20.5 Å². The van der Waals surface area contributed by atoms with Gasteiger partial charge in [0.2, 0.25) is 5.91 Å². The third kappa shape index (κ3) is 6.13. The van der Waals surface area contributed by atoms with Crippen LogP contribution in [0.25, 0.3) is 6.08 Å². The number of ether oxygens (including phenoxy) is 1. The summed E-state index contributed by atoms with van der Waals surface area (Å²) in [5.41, 5.74) is -0.650. The topological polar surface area (TPSA) is 75.7 Å². The van der Waals surface area contributed by atoms with Gasteiger partial charge in [-0.25, -0.2) is 0 Å². The predicted molar refractivity (Wildman–Crippen MR) is 125 cm³/mol. The van der Waals surface area contributed by atoms with E-state index in [2.05, 4.69) is 11.9 Å². The third-order valence-electron chi connectivity index (χ3n) is 4.31. The van der Waals surface area contributed by atoms with Crippen LogP contribution in [0.15, 0.2) is 54.0 Å². The molecule has 1 N–H and O–H groups in total. The highest BCUT2D eigenvalue weighted by Gasteiger charge is 2.36. The number of anilines is 1. The Labute approximate surface area is 206 Å². The van der Waals surface area contributed by atoms with Crippen LogP contribution in [0.3, 0.4) is 0 Å². The van der Waals surface area contributed by atoms with E-state index in [0.29, 0.717) is 22.2 Å². The van der Waals surface area contributed by atoms with Gasteiger partial charge in [-0.3, -0.25) is 19.3 Å². The fourth-order valence-electron chi connectivity index (χ4n) is 2.85. The maximum Gasteiger partial charge on any atom is 0.416 e. The molecule has 0 bridgehead atoms. The van der Waals surface area contributed by atoms with Crippen molar-refractivity contribution in [1.82, 2.24) is 4.90 Å². The highest BCUT2D eigenvalue weighted by molar-refractivity contribution is 8.18. The number of benzene rings is 2. The molecule has 1 fully saturated rings. The maximum atomic E-state index is 12.8. The molecule has 3 amide bonds. The molecule has 6 nitrogen and oxygen atoms in total. The number of amides is 3. The standard InChI is InChI=1S/C22H15Cl2F3N2O4S/c1-2-6-33-19-15(23)7-12(8-16(19)24)9-17-20(31)29(21(32)34-17)11-18(30)28-14-5-3-4-13(10-14)22(25,26)27/h2-5,7-10H,1,6,11H2,(H,28,30). The van der Waals surface area contributed by atoms with E-state index in [0.717, 1.165) is 18.2 Å². The minimum Gasteiger partial charge on any atom is -0.486 e. The van der Waals surface area contributed by atoms with Crippen LogP contribution in [-0.4, -0.2) is 35.1 Å². The summed E-state index contributed by atoms with van der Waals surface area (Å²) in [6.45, 7) is 3.04. The number of halogens is 5. The summed E-state index contributed by atoms with van der Waals surface area (Å²) >= 11 is 12.9. The van der Waals surface area contributed by atoms with Crippen molar-refractivity contribution in [3.63, 3.8) is 0 Å². The number of imide groups is 1. The molecule has 0 aromatic heterocycles. The molecule has 1 aliphatic heterocycles. The van der Waals surface area contributed by atoms with Gasteiger partial charge in [-0.2, -0.15) is 13.2 Å². The average molecular weight is 531 g/mol. The zero-order valence-electron chi connectivity index (χ0n) is 17.1. The van der Waals surface area contributed by atoms with E-state index < -0.39 is 35.3 Å². The lowest BCUT2D eigenvalue weighted by Gasteiger charge is -2.13. The first kappa shape index (κ1) is 25.7. The molecule has 0 aliphatic carbocycles. The first-order valence-corrected chi connectivity index (χ1v) is 11.0. The molecule has 1 heterocycles. The Hall–Kier alpha value is -2.95. The highest BCUT2D eigenvalue weighted by atomic mass is 35.5. The van der Waals surface area contributed by atoms with E-state index in [1.54, 1.807) is 0 Å². The van der Waals surface area contributed by atoms with Crippen molar-refractivity contribution in [1.29, 1.82) is 0 Å². The zero-order chi connectivity index (χ0) is 25.0. The fourth-order valence-corrected chi connectivity index (χ4v) is 4.30. The molecule has 2 aromatic rings. The molecule has 1 saturated heterocycles. The van der Waals surface area contributed by atoms with Crippen molar-refractivity contribution in [2.24, 2.45) is 0 Å². The van der Waals surface area contributed by atoms with Crippen molar-refractivity contribution in [3.8, 4) is 5.75 Å². The second-order valence-corrected chi connectivity index (χ2v) is 8.62. The molecule has 0 spiro atoms. The molecule has 178 valence electrons. The van der Waals surface area contributed by atoms with Crippen LogP contribution >= 0.6 is 35.0 Å². The van der Waals surface area contributed by atoms with Gasteiger partial charge in [-0.15, -0.1) is 0 Å². The number of hydrogen-bond acceptors (Lipinski definition) is 5. The zero-order valence-corrected chi connectivity index (χ0v) is 19.4. The first-order valence-electron chi connectivity index (χ1n) is 9.45. The smallest absolute Gasteiger partial charge is 0.416 e. The summed E-state index contributed by atoms with van der Waals surface area (Å²) in [6, 6.07) is 6.97. The Kier molecular flexibility index (Phi) is 7.96. The molecule has 2 aromatic carbocycles. The van der Waals surface area contributed by atoms with Gasteiger partial charge in [0.1, 0.15) is 13.2 Å². The number of rotatable bonds is 7.